The molecule has 8 heteroatoms. The lowest BCUT2D eigenvalue weighted by atomic mass is 10.1. The highest BCUT2D eigenvalue weighted by atomic mass is 32.2. The first-order valence-electron chi connectivity index (χ1n) is 9.76. The molecule has 6 rings (SSSR count). The van der Waals surface area contributed by atoms with Crippen LogP contribution in [0.2, 0.25) is 0 Å². The molecule has 33 heavy (non-hydrogen) atoms. The molecule has 4 aromatic carbocycles. The summed E-state index contributed by atoms with van der Waals surface area (Å²) in [5.74, 6) is -4.13. The topological polar surface area (TPSA) is 30.2 Å². The molecule has 2 heterocycles. The summed E-state index contributed by atoms with van der Waals surface area (Å²) < 4.78 is 62.3. The minimum absolute atomic E-state index is 0.236. The second-order valence-electron chi connectivity index (χ2n) is 7.42. The van der Waals surface area contributed by atoms with Gasteiger partial charge in [-0.1, -0.05) is 23.9 Å². The maximum absolute atomic E-state index is 14.2. The van der Waals surface area contributed by atoms with E-state index in [1.165, 1.54) is 0 Å². The van der Waals surface area contributed by atoms with Gasteiger partial charge in [0.2, 0.25) is 5.43 Å². The normalized spacial score (nSPS) is 13.3. The van der Waals surface area contributed by atoms with Crippen molar-refractivity contribution in [2.45, 2.75) is 24.5 Å². The van der Waals surface area contributed by atoms with E-state index in [0.717, 1.165) is 36.0 Å². The van der Waals surface area contributed by atoms with Crippen LogP contribution >= 0.6 is 11.8 Å². The van der Waals surface area contributed by atoms with Crippen molar-refractivity contribution in [3.05, 3.63) is 100 Å². The average molecular weight is 483 g/mol. The fourth-order valence-corrected chi connectivity index (χ4v) is 7.68. The van der Waals surface area contributed by atoms with Crippen molar-refractivity contribution in [2.24, 2.45) is 0 Å². The van der Waals surface area contributed by atoms with Crippen molar-refractivity contribution in [2.75, 3.05) is 0 Å². The SMILES string of the molecule is O=c1c2ccccc2oc2ccc([S+]3c4cc(F)c(F)cc4Sc4cc(F)c(F)cc43)cc12. The number of hydrogen-bond donors (Lipinski definition) is 0. The first kappa shape index (κ1) is 20.4. The monoisotopic (exact) mass is 483 g/mol. The average Bonchev–Trinajstić information content (AvgIpc) is 2.80. The molecule has 5 aromatic rings. The van der Waals surface area contributed by atoms with Gasteiger partial charge in [-0.15, -0.1) is 0 Å². The van der Waals surface area contributed by atoms with Crippen molar-refractivity contribution >= 4 is 44.6 Å². The Labute approximate surface area is 191 Å². The maximum atomic E-state index is 14.2. The summed E-state index contributed by atoms with van der Waals surface area (Å²) in [7, 11) is -1.11. The fraction of sp³-hybridized carbons (Fsp3) is 0. The number of hydrogen-bond acceptors (Lipinski definition) is 3. The van der Waals surface area contributed by atoms with Gasteiger partial charge in [0.1, 0.15) is 22.1 Å². The lowest BCUT2D eigenvalue weighted by Crippen LogP contribution is -2.14. The minimum atomic E-state index is -1.11. The van der Waals surface area contributed by atoms with Crippen molar-refractivity contribution < 1.29 is 22.0 Å². The summed E-state index contributed by atoms with van der Waals surface area (Å²) in [5.41, 5.74) is 0.582. The molecule has 0 spiro atoms. The zero-order chi connectivity index (χ0) is 22.9. The van der Waals surface area contributed by atoms with Gasteiger partial charge in [0.05, 0.1) is 20.6 Å². The third-order valence-corrected chi connectivity index (χ3v) is 9.07. The molecular weight excluding hydrogens is 472 g/mol. The number of halogens is 4. The molecule has 2 nitrogen and oxygen atoms in total. The van der Waals surface area contributed by atoms with Gasteiger partial charge >= 0.3 is 0 Å². The standard InChI is InChI=1S/C25H11F4O2S2/c26-15-8-21-23(10-17(15)28)33(24-11-18(29)16(27)9-22(24)32-21)12-5-6-20-14(7-12)25(30)13-3-1-2-4-19(13)31-20/h1-11H/q+1. The Kier molecular flexibility index (Phi) is 4.57. The van der Waals surface area contributed by atoms with Crippen molar-refractivity contribution in [3.8, 4) is 0 Å². The van der Waals surface area contributed by atoms with Crippen LogP contribution in [0.1, 0.15) is 0 Å². The fourth-order valence-electron chi connectivity index (χ4n) is 3.90. The summed E-state index contributed by atoms with van der Waals surface area (Å²) in [6.07, 6.45) is 0. The Morgan fingerprint density at radius 3 is 1.91 bits per heavy atom. The number of para-hydroxylation sites is 1. The van der Waals surface area contributed by atoms with E-state index in [9.17, 15) is 22.4 Å². The zero-order valence-electron chi connectivity index (χ0n) is 16.5. The van der Waals surface area contributed by atoms with Crippen molar-refractivity contribution in [1.29, 1.82) is 0 Å². The van der Waals surface area contributed by atoms with E-state index in [-0.39, 0.29) is 5.43 Å². The van der Waals surface area contributed by atoms with E-state index >= 15 is 0 Å². The molecule has 1 aliphatic rings. The molecule has 0 fully saturated rings. The predicted molar refractivity (Wildman–Crippen MR) is 119 cm³/mol. The van der Waals surface area contributed by atoms with Crippen LogP contribution in [-0.2, 0) is 10.9 Å². The van der Waals surface area contributed by atoms with Crippen LogP contribution in [0.15, 0.2) is 100 Å². The van der Waals surface area contributed by atoms with Gasteiger partial charge in [0.25, 0.3) is 0 Å². The van der Waals surface area contributed by atoms with Crippen LogP contribution < -0.4 is 5.43 Å². The molecule has 162 valence electrons. The number of rotatable bonds is 1. The molecule has 0 aliphatic carbocycles. The Morgan fingerprint density at radius 2 is 1.24 bits per heavy atom. The number of fused-ring (bicyclic) bond motifs is 4. The van der Waals surface area contributed by atoms with Crippen LogP contribution in [0.25, 0.3) is 21.9 Å². The molecule has 0 amide bonds. The molecule has 0 unspecified atom stereocenters. The zero-order valence-corrected chi connectivity index (χ0v) is 18.1. The largest absolute Gasteiger partial charge is 0.456 e. The maximum Gasteiger partial charge on any atom is 0.200 e. The van der Waals surface area contributed by atoms with E-state index in [1.807, 2.05) is 0 Å². The predicted octanol–water partition coefficient (Wildman–Crippen LogP) is 7.06. The van der Waals surface area contributed by atoms with Gasteiger partial charge in [-0.05, 0) is 36.4 Å². The van der Waals surface area contributed by atoms with Gasteiger partial charge in [-0.2, -0.15) is 0 Å². The summed E-state index contributed by atoms with van der Waals surface area (Å²) in [6.45, 7) is 0. The second kappa shape index (κ2) is 7.40. The first-order chi connectivity index (χ1) is 15.9. The smallest absolute Gasteiger partial charge is 0.200 e. The summed E-state index contributed by atoms with van der Waals surface area (Å²) >= 11 is 1.05. The molecule has 1 aromatic heterocycles. The van der Waals surface area contributed by atoms with Crippen LogP contribution in [0.5, 0.6) is 0 Å². The minimum Gasteiger partial charge on any atom is -0.456 e. The highest BCUT2D eigenvalue weighted by Gasteiger charge is 2.40. The van der Waals surface area contributed by atoms with Crippen molar-refractivity contribution in [3.63, 3.8) is 0 Å². The van der Waals surface area contributed by atoms with Gasteiger partial charge in [-0.3, -0.25) is 4.79 Å². The quantitative estimate of drug-likeness (QED) is 0.142. The lowest BCUT2D eigenvalue weighted by Gasteiger charge is -2.19. The van der Waals surface area contributed by atoms with Gasteiger partial charge in [0, 0.05) is 18.2 Å². The van der Waals surface area contributed by atoms with Gasteiger partial charge < -0.3 is 4.42 Å². The Morgan fingerprint density at radius 1 is 0.667 bits per heavy atom. The van der Waals surface area contributed by atoms with Gasteiger partial charge in [-0.25, -0.2) is 17.6 Å². The summed E-state index contributed by atoms with van der Waals surface area (Å²) in [5, 5.41) is 0.719. The molecular formula is C25H11F4O2S2+. The second-order valence-corrected chi connectivity index (χ2v) is 10.5. The highest BCUT2D eigenvalue weighted by molar-refractivity contribution is 8.04. The van der Waals surface area contributed by atoms with E-state index in [1.54, 1.807) is 42.5 Å². The van der Waals surface area contributed by atoms with E-state index in [4.69, 9.17) is 4.42 Å². The molecule has 0 atom stereocenters. The Hall–Kier alpha value is -3.23. The molecule has 0 saturated carbocycles. The molecule has 0 radical (unpaired) electrons. The molecule has 0 bridgehead atoms. The first-order valence-corrected chi connectivity index (χ1v) is 11.8. The van der Waals surface area contributed by atoms with E-state index in [2.05, 4.69) is 0 Å². The van der Waals surface area contributed by atoms with Crippen LogP contribution in [0.4, 0.5) is 17.6 Å². The Balaban J connectivity index is 1.65. The lowest BCUT2D eigenvalue weighted by molar-refractivity contribution is 0.499. The summed E-state index contributed by atoms with van der Waals surface area (Å²) in [4.78, 5) is 15.4. The molecule has 0 N–H and O–H groups in total. The van der Waals surface area contributed by atoms with Crippen LogP contribution in [0.3, 0.4) is 0 Å². The highest BCUT2D eigenvalue weighted by Crippen LogP contribution is 2.49. The van der Waals surface area contributed by atoms with Gasteiger partial charge in [0.15, 0.2) is 38.0 Å². The van der Waals surface area contributed by atoms with Crippen molar-refractivity contribution in [1.82, 2.24) is 0 Å². The Bertz CT molecular complexity index is 1620. The van der Waals surface area contributed by atoms with E-state index < -0.39 is 34.2 Å². The molecule has 1 aliphatic heterocycles. The van der Waals surface area contributed by atoms with Crippen LogP contribution in [-0.4, -0.2) is 0 Å². The number of benzene rings is 4. The molecule has 0 saturated heterocycles. The van der Waals surface area contributed by atoms with Crippen LogP contribution in [0, 0.1) is 23.3 Å². The summed E-state index contributed by atoms with van der Waals surface area (Å²) in [6, 6.07) is 16.1. The third-order valence-electron chi connectivity index (χ3n) is 5.42. The van der Waals surface area contributed by atoms with E-state index in [0.29, 0.717) is 46.4 Å². The third kappa shape index (κ3) is 3.16.